The Balaban J connectivity index is 1.17. The lowest BCUT2D eigenvalue weighted by Crippen LogP contribution is -2.48. The first kappa shape index (κ1) is 20.2. The number of β-amino-alcohol motifs (C(OH)–C–C–N with tert-alkyl or cyclic N) is 1. The summed E-state index contributed by atoms with van der Waals surface area (Å²) < 4.78 is 6.32. The van der Waals surface area contributed by atoms with Crippen molar-refractivity contribution in [2.75, 3.05) is 44.2 Å². The molecule has 0 radical (unpaired) electrons. The van der Waals surface area contributed by atoms with E-state index in [1.54, 1.807) is 0 Å². The Morgan fingerprint density at radius 1 is 1.11 bits per heavy atom. The van der Waals surface area contributed by atoms with Crippen molar-refractivity contribution in [3.63, 3.8) is 0 Å². The van der Waals surface area contributed by atoms with E-state index in [1.165, 1.54) is 24.9 Å². The lowest BCUT2D eigenvalue weighted by Gasteiger charge is -2.39. The normalized spacial score (nSPS) is 33.4. The molecule has 156 valence electrons. The fourth-order valence-electron chi connectivity index (χ4n) is 5.95. The number of fused-ring (bicyclic) bond motifs is 2. The van der Waals surface area contributed by atoms with Gasteiger partial charge < -0.3 is 14.7 Å². The standard InChI is InChI=1S/C24H38N2O2/c1-23(2)19-9-11-24(23,3)22(17-19)28-16-10-21(27)18-25-12-14-26(15-13-25)20-7-5-4-6-8-20/h4-8,19,21-22,27H,9-18H2,1-3H3/t19-,21-,22+,24+/m0/s1. The molecule has 4 rings (SSSR count). The molecule has 0 amide bonds. The molecule has 4 nitrogen and oxygen atoms in total. The van der Waals surface area contributed by atoms with E-state index in [2.05, 4.69) is 60.9 Å². The van der Waals surface area contributed by atoms with Gasteiger partial charge in [-0.25, -0.2) is 0 Å². The van der Waals surface area contributed by atoms with Crippen LogP contribution in [0, 0.1) is 16.7 Å². The third kappa shape index (κ3) is 3.71. The molecule has 2 bridgehead atoms. The van der Waals surface area contributed by atoms with Gasteiger partial charge in [0.2, 0.25) is 0 Å². The maximum Gasteiger partial charge on any atom is 0.0689 e. The van der Waals surface area contributed by atoms with Crippen LogP contribution in [0.15, 0.2) is 30.3 Å². The van der Waals surface area contributed by atoms with Gasteiger partial charge >= 0.3 is 0 Å². The summed E-state index contributed by atoms with van der Waals surface area (Å²) in [4.78, 5) is 4.83. The van der Waals surface area contributed by atoms with Crippen molar-refractivity contribution in [3.05, 3.63) is 30.3 Å². The Bertz CT molecular complexity index is 641. The maximum atomic E-state index is 10.5. The molecule has 1 heterocycles. The van der Waals surface area contributed by atoms with Crippen LogP contribution >= 0.6 is 0 Å². The molecule has 4 atom stereocenters. The summed E-state index contributed by atoms with van der Waals surface area (Å²) in [6.07, 6.45) is 4.70. The Kier molecular flexibility index (Phi) is 5.74. The zero-order valence-corrected chi connectivity index (χ0v) is 17.9. The van der Waals surface area contributed by atoms with Gasteiger partial charge in [-0.05, 0) is 54.6 Å². The quantitative estimate of drug-likeness (QED) is 0.773. The summed E-state index contributed by atoms with van der Waals surface area (Å²) in [5.41, 5.74) is 2.02. The van der Waals surface area contributed by atoms with Gasteiger partial charge in [-0.1, -0.05) is 39.0 Å². The van der Waals surface area contributed by atoms with E-state index in [1.807, 2.05) is 0 Å². The van der Waals surface area contributed by atoms with Crippen LogP contribution in [0.1, 0.15) is 46.5 Å². The average molecular weight is 387 g/mol. The first-order chi connectivity index (χ1) is 13.4. The van der Waals surface area contributed by atoms with E-state index in [9.17, 15) is 5.11 Å². The second-order valence-electron chi connectivity index (χ2n) is 10.0. The number of aliphatic hydroxyl groups is 1. The smallest absolute Gasteiger partial charge is 0.0689 e. The highest BCUT2D eigenvalue weighted by atomic mass is 16.5. The van der Waals surface area contributed by atoms with Crippen LogP contribution in [0.4, 0.5) is 5.69 Å². The summed E-state index contributed by atoms with van der Waals surface area (Å²) in [6, 6.07) is 10.6. The van der Waals surface area contributed by atoms with Crippen LogP contribution in [0.3, 0.4) is 0 Å². The van der Waals surface area contributed by atoms with Crippen molar-refractivity contribution in [1.82, 2.24) is 4.90 Å². The molecular formula is C24H38N2O2. The molecule has 28 heavy (non-hydrogen) atoms. The van der Waals surface area contributed by atoms with Crippen molar-refractivity contribution >= 4 is 5.69 Å². The van der Waals surface area contributed by atoms with E-state index in [0.717, 1.165) is 45.1 Å². The van der Waals surface area contributed by atoms with Gasteiger partial charge in [0.1, 0.15) is 0 Å². The molecule has 0 unspecified atom stereocenters. The summed E-state index contributed by atoms with van der Waals surface area (Å²) >= 11 is 0. The van der Waals surface area contributed by atoms with Gasteiger partial charge in [-0.2, -0.15) is 0 Å². The first-order valence-electron chi connectivity index (χ1n) is 11.2. The molecular weight excluding hydrogens is 348 g/mol. The van der Waals surface area contributed by atoms with Crippen molar-refractivity contribution in [2.24, 2.45) is 16.7 Å². The monoisotopic (exact) mass is 386 g/mol. The largest absolute Gasteiger partial charge is 0.392 e. The average Bonchev–Trinajstić information content (AvgIpc) is 3.03. The zero-order chi connectivity index (χ0) is 19.8. The molecule has 0 aromatic heterocycles. The second kappa shape index (κ2) is 7.97. The van der Waals surface area contributed by atoms with Crippen molar-refractivity contribution in [1.29, 1.82) is 0 Å². The number of benzene rings is 1. The van der Waals surface area contributed by atoms with E-state index in [-0.39, 0.29) is 6.10 Å². The highest BCUT2D eigenvalue weighted by Gasteiger charge is 2.61. The minimum absolute atomic E-state index is 0.289. The molecule has 2 aliphatic carbocycles. The fourth-order valence-corrected chi connectivity index (χ4v) is 5.95. The van der Waals surface area contributed by atoms with Gasteiger partial charge in [0.15, 0.2) is 0 Å². The van der Waals surface area contributed by atoms with Crippen molar-refractivity contribution in [3.8, 4) is 0 Å². The number of piperazine rings is 1. The number of anilines is 1. The number of aliphatic hydroxyl groups excluding tert-OH is 1. The van der Waals surface area contributed by atoms with Crippen LogP contribution in [0.2, 0.25) is 0 Å². The zero-order valence-electron chi connectivity index (χ0n) is 17.9. The Labute approximate surface area is 170 Å². The first-order valence-corrected chi connectivity index (χ1v) is 11.2. The molecule has 4 heteroatoms. The van der Waals surface area contributed by atoms with E-state index >= 15 is 0 Å². The van der Waals surface area contributed by atoms with E-state index in [0.29, 0.717) is 23.5 Å². The SMILES string of the molecule is CC1(C)[C@H]2CC[C@]1(C)[C@H](OCC[C@H](O)CN1CCN(c3ccccc3)CC1)C2. The topological polar surface area (TPSA) is 35.9 Å². The highest BCUT2D eigenvalue weighted by molar-refractivity contribution is 5.46. The molecule has 1 aromatic carbocycles. The molecule has 2 saturated carbocycles. The van der Waals surface area contributed by atoms with Crippen LogP contribution in [-0.4, -0.2) is 61.5 Å². The van der Waals surface area contributed by atoms with Gasteiger partial charge in [-0.15, -0.1) is 0 Å². The van der Waals surface area contributed by atoms with E-state index in [4.69, 9.17) is 4.74 Å². The number of rotatable bonds is 7. The Morgan fingerprint density at radius 3 is 2.43 bits per heavy atom. The minimum Gasteiger partial charge on any atom is -0.392 e. The predicted octanol–water partition coefficient (Wildman–Crippen LogP) is 3.79. The molecule has 3 fully saturated rings. The number of para-hydroxylation sites is 1. The number of ether oxygens (including phenoxy) is 1. The lowest BCUT2D eigenvalue weighted by molar-refractivity contribution is -0.0564. The summed E-state index contributed by atoms with van der Waals surface area (Å²) in [6.45, 7) is 12.8. The molecule has 1 aromatic rings. The highest BCUT2D eigenvalue weighted by Crippen LogP contribution is 2.66. The van der Waals surface area contributed by atoms with Gasteiger partial charge in [0.05, 0.1) is 12.2 Å². The van der Waals surface area contributed by atoms with Crippen LogP contribution in [0.5, 0.6) is 0 Å². The molecule has 1 saturated heterocycles. The Morgan fingerprint density at radius 2 is 1.82 bits per heavy atom. The van der Waals surface area contributed by atoms with Gasteiger partial charge in [0, 0.05) is 45.0 Å². The molecule has 0 spiro atoms. The summed E-state index contributed by atoms with van der Waals surface area (Å²) in [7, 11) is 0. The van der Waals surface area contributed by atoms with Crippen molar-refractivity contribution < 1.29 is 9.84 Å². The van der Waals surface area contributed by atoms with Crippen LogP contribution < -0.4 is 4.90 Å². The molecule has 1 aliphatic heterocycles. The van der Waals surface area contributed by atoms with Gasteiger partial charge in [-0.3, -0.25) is 4.90 Å². The van der Waals surface area contributed by atoms with Crippen LogP contribution in [0.25, 0.3) is 0 Å². The van der Waals surface area contributed by atoms with Gasteiger partial charge in [0.25, 0.3) is 0 Å². The fraction of sp³-hybridized carbons (Fsp3) is 0.750. The number of hydrogen-bond acceptors (Lipinski definition) is 4. The summed E-state index contributed by atoms with van der Waals surface area (Å²) in [5, 5.41) is 10.5. The predicted molar refractivity (Wildman–Crippen MR) is 115 cm³/mol. The van der Waals surface area contributed by atoms with E-state index < -0.39 is 0 Å². The molecule has 1 N–H and O–H groups in total. The maximum absolute atomic E-state index is 10.5. The van der Waals surface area contributed by atoms with Crippen molar-refractivity contribution in [2.45, 2.75) is 58.7 Å². The number of hydrogen-bond donors (Lipinski definition) is 1. The third-order valence-electron chi connectivity index (χ3n) is 8.45. The Hall–Kier alpha value is -1.10. The minimum atomic E-state index is -0.289. The molecule has 3 aliphatic rings. The summed E-state index contributed by atoms with van der Waals surface area (Å²) in [5.74, 6) is 0.813. The third-order valence-corrected chi connectivity index (χ3v) is 8.45. The number of nitrogens with zero attached hydrogens (tertiary/aromatic N) is 2. The second-order valence-corrected chi connectivity index (χ2v) is 10.0. The van der Waals surface area contributed by atoms with Crippen LogP contribution in [-0.2, 0) is 4.74 Å². The lowest BCUT2D eigenvalue weighted by atomic mass is 9.70.